The van der Waals surface area contributed by atoms with Crippen molar-refractivity contribution in [2.75, 3.05) is 7.11 Å². The van der Waals surface area contributed by atoms with Crippen LogP contribution in [0.1, 0.15) is 12.0 Å². The second-order valence-corrected chi connectivity index (χ2v) is 6.12. The summed E-state index contributed by atoms with van der Waals surface area (Å²) in [7, 11) is -8.94. The monoisotopic (exact) mass is 470 g/mol. The standard InChI is InChI=1S/C13H13O.3CO.F6P.Fe/c1-14-13-9-5-8-12(10-13)11-6-3-2-4-7-11;3*1-2;1-7(2,3,4,5)6;/h2-8,10H,9H2,1H3;;;;;/q;;;;-1;. The Morgan fingerprint density at radius 3 is 1.61 bits per heavy atom. The molecule has 0 heterocycles. The summed E-state index contributed by atoms with van der Waals surface area (Å²) in [6.45, 7) is 13.5. The van der Waals surface area contributed by atoms with Crippen LogP contribution >= 0.6 is 7.81 Å². The van der Waals surface area contributed by atoms with Gasteiger partial charge in [-0.15, -0.1) is 0 Å². The van der Waals surface area contributed by atoms with E-state index in [1.165, 1.54) is 11.1 Å². The van der Waals surface area contributed by atoms with Gasteiger partial charge in [0.1, 0.15) is 0 Å². The summed E-state index contributed by atoms with van der Waals surface area (Å²) in [6.07, 6.45) is 7.25. The van der Waals surface area contributed by atoms with Gasteiger partial charge in [-0.1, -0.05) is 36.4 Å². The third-order valence-electron chi connectivity index (χ3n) is 2.30. The summed E-state index contributed by atoms with van der Waals surface area (Å²) in [5.41, 5.74) is 2.45. The van der Waals surface area contributed by atoms with Crippen molar-refractivity contribution in [1.29, 1.82) is 0 Å². The minimum absolute atomic E-state index is 0. The maximum absolute atomic E-state index is 10.7. The average Bonchev–Trinajstić information content (AvgIpc) is 2.65. The number of hydrogen-bond donors (Lipinski definition) is 0. The van der Waals surface area contributed by atoms with E-state index in [0.29, 0.717) is 0 Å². The molecule has 28 heavy (non-hydrogen) atoms. The normalized spacial score (nSPS) is 13.9. The Kier molecular flexibility index (Phi) is 17.2. The molecule has 0 saturated carbocycles. The molecular weight excluding hydrogens is 457 g/mol. The number of benzene rings is 1. The van der Waals surface area contributed by atoms with Crippen LogP contribution in [0.3, 0.4) is 0 Å². The molecule has 0 amide bonds. The zero-order valence-corrected chi connectivity index (χ0v) is 16.0. The second-order valence-electron chi connectivity index (χ2n) is 4.20. The second kappa shape index (κ2) is 14.3. The molecule has 0 aromatic heterocycles. The molecule has 1 aliphatic carbocycles. The van der Waals surface area contributed by atoms with Gasteiger partial charge in [0.05, 0.1) is 12.9 Å². The van der Waals surface area contributed by atoms with E-state index in [-0.39, 0.29) is 17.1 Å². The Hall–Kier alpha value is -1.75. The van der Waals surface area contributed by atoms with Gasteiger partial charge in [0.25, 0.3) is 0 Å². The van der Waals surface area contributed by atoms with Gasteiger partial charge in [-0.25, -0.2) is 0 Å². The van der Waals surface area contributed by atoms with E-state index in [1.807, 2.05) is 18.2 Å². The fourth-order valence-electron chi connectivity index (χ4n) is 1.53. The Bertz CT molecular complexity index is 654. The van der Waals surface area contributed by atoms with E-state index >= 15 is 0 Å². The van der Waals surface area contributed by atoms with Crippen LogP contribution in [0.5, 0.6) is 0 Å². The van der Waals surface area contributed by atoms with Crippen molar-refractivity contribution in [3.05, 3.63) is 80.2 Å². The summed E-state index contributed by atoms with van der Waals surface area (Å²) in [5.74, 6) is 1.02. The number of ether oxygens (including phenoxy) is 1. The van der Waals surface area contributed by atoms with Gasteiger partial charge < -0.3 is 4.74 Å². The first-order chi connectivity index (χ1) is 12.3. The third kappa shape index (κ3) is 26.5. The van der Waals surface area contributed by atoms with Crippen molar-refractivity contribution in [1.82, 2.24) is 0 Å². The van der Waals surface area contributed by atoms with Gasteiger partial charge in [0.15, 0.2) is 0 Å². The van der Waals surface area contributed by atoms with Crippen molar-refractivity contribution in [3.63, 3.8) is 0 Å². The molecule has 0 aliphatic heterocycles. The third-order valence-corrected chi connectivity index (χ3v) is 2.30. The minimum Gasteiger partial charge on any atom is 0 e. The molecule has 1 aromatic carbocycles. The molecule has 157 valence electrons. The van der Waals surface area contributed by atoms with Crippen molar-refractivity contribution >= 4 is 13.4 Å². The van der Waals surface area contributed by atoms with Crippen LogP contribution in [0, 0.1) is 26.4 Å². The Morgan fingerprint density at radius 1 is 0.857 bits per heavy atom. The Morgan fingerprint density at radius 2 is 1.25 bits per heavy atom. The maximum atomic E-state index is 9.87. The Balaban J connectivity index is -0.000000177. The van der Waals surface area contributed by atoms with Gasteiger partial charge in [0, 0.05) is 23.5 Å². The van der Waals surface area contributed by atoms with Gasteiger partial charge in [-0.2, -0.15) is 0 Å². The van der Waals surface area contributed by atoms with Crippen molar-refractivity contribution in [2.45, 2.75) is 6.42 Å². The van der Waals surface area contributed by atoms with Gasteiger partial charge >= 0.3 is 66.9 Å². The number of rotatable bonds is 2. The quantitative estimate of drug-likeness (QED) is 0.161. The van der Waals surface area contributed by atoms with Crippen LogP contribution in [-0.2, 0) is 35.8 Å². The smallest absolute Gasteiger partial charge is 0 e. The predicted octanol–water partition coefficient (Wildman–Crippen LogP) is 6.48. The molecule has 1 radical (unpaired) electrons. The van der Waals surface area contributed by atoms with E-state index in [1.54, 1.807) is 7.11 Å². The first kappa shape index (κ1) is 33.8. The molecule has 4 nitrogen and oxygen atoms in total. The zero-order valence-electron chi connectivity index (χ0n) is 14.0. The first-order valence-corrected chi connectivity index (χ1v) is 8.39. The molecule has 0 bridgehead atoms. The van der Waals surface area contributed by atoms with Crippen LogP contribution in [-0.4, -0.2) is 7.11 Å². The maximum Gasteiger partial charge on any atom is 0 e. The van der Waals surface area contributed by atoms with Crippen molar-refractivity contribution < 1.29 is 60.9 Å². The fraction of sp³-hybridized carbons (Fsp3) is 0.125. The summed E-state index contributed by atoms with van der Waals surface area (Å²) in [5, 5.41) is 0. The molecule has 2 rings (SSSR count). The zero-order chi connectivity index (χ0) is 22.2. The van der Waals surface area contributed by atoms with E-state index in [2.05, 4.69) is 50.7 Å². The van der Waals surface area contributed by atoms with E-state index in [4.69, 9.17) is 18.7 Å². The molecular formula is C16H13F6FeO4P-. The molecule has 0 saturated heterocycles. The van der Waals surface area contributed by atoms with Gasteiger partial charge in [-0.3, -0.25) is 0 Å². The number of hydrogen-bond acceptors (Lipinski definition) is 1. The molecule has 1 aliphatic rings. The Labute approximate surface area is 168 Å². The van der Waals surface area contributed by atoms with Crippen LogP contribution in [0.4, 0.5) is 25.2 Å². The summed E-state index contributed by atoms with van der Waals surface area (Å²) >= 11 is 0. The molecule has 0 atom stereocenters. The summed E-state index contributed by atoms with van der Waals surface area (Å²) in [4.78, 5) is 0. The van der Waals surface area contributed by atoms with E-state index < -0.39 is 7.81 Å². The van der Waals surface area contributed by atoms with Crippen LogP contribution in [0.25, 0.3) is 5.57 Å². The largest absolute Gasteiger partial charge is 0 e. The predicted molar refractivity (Wildman–Crippen MR) is 83.8 cm³/mol. The summed E-state index contributed by atoms with van der Waals surface area (Å²) < 4.78 is 86.9. The number of methoxy groups -OCH3 is 1. The van der Waals surface area contributed by atoms with Crippen molar-refractivity contribution in [2.24, 2.45) is 0 Å². The first-order valence-electron chi connectivity index (χ1n) is 6.36. The molecule has 0 N–H and O–H groups in total. The van der Waals surface area contributed by atoms with Gasteiger partial charge in [0.2, 0.25) is 0 Å². The minimum atomic E-state index is -10.7. The van der Waals surface area contributed by atoms with E-state index in [0.717, 1.165) is 12.2 Å². The van der Waals surface area contributed by atoms with Gasteiger partial charge in [-0.05, 0) is 23.6 Å². The molecule has 0 spiro atoms. The van der Waals surface area contributed by atoms with E-state index in [9.17, 15) is 25.2 Å². The molecule has 1 aromatic rings. The number of allylic oxidation sites excluding steroid dienone is 4. The topological polar surface area (TPSA) is 68.9 Å². The number of halogens is 6. The molecule has 12 heteroatoms. The van der Waals surface area contributed by atoms with Crippen LogP contribution < -0.4 is 0 Å². The molecule has 0 unspecified atom stereocenters. The van der Waals surface area contributed by atoms with Crippen LogP contribution in [0.2, 0.25) is 0 Å². The average molecular weight is 470 g/mol. The van der Waals surface area contributed by atoms with Crippen LogP contribution in [0.15, 0.2) is 48.2 Å². The molecule has 0 fully saturated rings. The SMILES string of the molecule is COC1=CC(c2ccccc2)=C[CH]C1.F[P-](F)(F)(F)(F)F.[C-]#[O+].[C-]#[O+].[C-]#[O+].[Fe]. The summed E-state index contributed by atoms with van der Waals surface area (Å²) in [6, 6.07) is 10.3. The van der Waals surface area contributed by atoms with Crippen molar-refractivity contribution in [3.8, 4) is 0 Å². The fourth-order valence-corrected chi connectivity index (χ4v) is 1.53.